The second kappa shape index (κ2) is 7.23. The third kappa shape index (κ3) is 4.07. The number of carbonyl (C=O) groups is 1. The normalized spacial score (nSPS) is 10.4. The second-order valence-corrected chi connectivity index (χ2v) is 6.64. The molecule has 0 spiro atoms. The Kier molecular flexibility index (Phi) is 4.85. The monoisotopic (exact) mass is 353 g/mol. The van der Waals surface area contributed by atoms with Gasteiger partial charge in [-0.05, 0) is 18.6 Å². The Morgan fingerprint density at radius 3 is 2.64 bits per heavy atom. The number of thiazole rings is 1. The number of rotatable bonds is 5. The Morgan fingerprint density at radius 1 is 1.20 bits per heavy atom. The van der Waals surface area contributed by atoms with Crippen molar-refractivity contribution >= 4 is 28.1 Å². The molecule has 25 heavy (non-hydrogen) atoms. The molecule has 1 heterocycles. The summed E-state index contributed by atoms with van der Waals surface area (Å²) in [7, 11) is 0. The smallest absolute Gasteiger partial charge is 0.282 e. The van der Waals surface area contributed by atoms with Crippen LogP contribution >= 0.6 is 11.3 Å². The van der Waals surface area contributed by atoms with Crippen molar-refractivity contribution in [3.05, 3.63) is 86.4 Å². The fourth-order valence-electron chi connectivity index (χ4n) is 2.34. The van der Waals surface area contributed by atoms with E-state index in [9.17, 15) is 14.9 Å². The maximum atomic E-state index is 12.3. The first-order chi connectivity index (χ1) is 12.0. The molecule has 1 amide bonds. The molecule has 1 N–H and O–H groups in total. The van der Waals surface area contributed by atoms with Gasteiger partial charge in [-0.15, -0.1) is 11.3 Å². The predicted octanol–water partition coefficient (Wildman–Crippen LogP) is 4.20. The lowest BCUT2D eigenvalue weighted by Gasteiger charge is -2.02. The topological polar surface area (TPSA) is 85.1 Å². The third-order valence-electron chi connectivity index (χ3n) is 3.62. The van der Waals surface area contributed by atoms with Crippen LogP contribution in [0.2, 0.25) is 0 Å². The lowest BCUT2D eigenvalue weighted by atomic mass is 10.1. The SMILES string of the molecule is Cc1ccc(Cc2cnc(NC(=O)c3ccccc3[N+](=O)[O-])s2)cc1. The maximum Gasteiger partial charge on any atom is 0.282 e. The first-order valence-corrected chi connectivity index (χ1v) is 8.39. The Balaban J connectivity index is 1.72. The van der Waals surface area contributed by atoms with Gasteiger partial charge in [-0.3, -0.25) is 20.2 Å². The molecule has 0 saturated carbocycles. The molecule has 0 radical (unpaired) electrons. The van der Waals surface area contributed by atoms with E-state index in [-0.39, 0.29) is 11.3 Å². The molecule has 3 rings (SSSR count). The van der Waals surface area contributed by atoms with Gasteiger partial charge in [0, 0.05) is 23.6 Å². The van der Waals surface area contributed by atoms with Crippen molar-refractivity contribution in [3.8, 4) is 0 Å². The van der Waals surface area contributed by atoms with E-state index in [1.54, 1.807) is 12.3 Å². The summed E-state index contributed by atoms with van der Waals surface area (Å²) in [5, 5.41) is 14.1. The molecule has 0 fully saturated rings. The Labute approximate surface area is 148 Å². The van der Waals surface area contributed by atoms with Crippen LogP contribution in [0.1, 0.15) is 26.4 Å². The van der Waals surface area contributed by atoms with Crippen LogP contribution in [0.25, 0.3) is 0 Å². The molecule has 2 aromatic carbocycles. The molecule has 1 aromatic heterocycles. The van der Waals surface area contributed by atoms with Gasteiger partial charge in [0.25, 0.3) is 11.6 Å². The average Bonchev–Trinajstić information content (AvgIpc) is 3.03. The Hall–Kier alpha value is -3.06. The number of hydrogen-bond donors (Lipinski definition) is 1. The molecule has 7 heteroatoms. The highest BCUT2D eigenvalue weighted by atomic mass is 32.1. The summed E-state index contributed by atoms with van der Waals surface area (Å²) >= 11 is 1.36. The first kappa shape index (κ1) is 16.8. The van der Waals surface area contributed by atoms with Gasteiger partial charge in [-0.1, -0.05) is 42.0 Å². The van der Waals surface area contributed by atoms with E-state index < -0.39 is 10.8 Å². The fourth-order valence-corrected chi connectivity index (χ4v) is 3.19. The van der Waals surface area contributed by atoms with Crippen molar-refractivity contribution in [3.63, 3.8) is 0 Å². The van der Waals surface area contributed by atoms with Crippen LogP contribution in [0, 0.1) is 17.0 Å². The third-order valence-corrected chi connectivity index (χ3v) is 4.53. The van der Waals surface area contributed by atoms with E-state index in [1.165, 1.54) is 35.1 Å². The highest BCUT2D eigenvalue weighted by Crippen LogP contribution is 2.24. The van der Waals surface area contributed by atoms with Crippen molar-refractivity contribution in [2.75, 3.05) is 5.32 Å². The fraction of sp³-hybridized carbons (Fsp3) is 0.111. The van der Waals surface area contributed by atoms with Crippen LogP contribution in [-0.4, -0.2) is 15.8 Å². The van der Waals surface area contributed by atoms with Gasteiger partial charge in [-0.2, -0.15) is 0 Å². The number of benzene rings is 2. The quantitative estimate of drug-likeness (QED) is 0.550. The number of nitro groups is 1. The molecular weight excluding hydrogens is 338 g/mol. The van der Waals surface area contributed by atoms with Crippen LogP contribution in [0.15, 0.2) is 54.7 Å². The summed E-state index contributed by atoms with van der Waals surface area (Å²) < 4.78 is 0. The van der Waals surface area contributed by atoms with Crippen molar-refractivity contribution in [1.82, 2.24) is 4.98 Å². The minimum atomic E-state index is -0.570. The summed E-state index contributed by atoms with van der Waals surface area (Å²) in [6.45, 7) is 2.03. The molecule has 0 aliphatic carbocycles. The van der Waals surface area contributed by atoms with Gasteiger partial charge in [0.2, 0.25) is 0 Å². The van der Waals surface area contributed by atoms with Gasteiger partial charge in [0.15, 0.2) is 5.13 Å². The number of aromatic nitrogens is 1. The van der Waals surface area contributed by atoms with Crippen molar-refractivity contribution in [2.45, 2.75) is 13.3 Å². The zero-order valence-electron chi connectivity index (χ0n) is 13.4. The molecule has 0 unspecified atom stereocenters. The molecular formula is C18H15N3O3S. The molecule has 0 aliphatic rings. The number of nitro benzene ring substituents is 1. The van der Waals surface area contributed by atoms with Gasteiger partial charge >= 0.3 is 0 Å². The molecule has 126 valence electrons. The number of para-hydroxylation sites is 1. The number of nitrogens with one attached hydrogen (secondary N) is 1. The Bertz CT molecular complexity index is 919. The van der Waals surface area contributed by atoms with Gasteiger partial charge < -0.3 is 0 Å². The van der Waals surface area contributed by atoms with E-state index in [4.69, 9.17) is 0 Å². The number of carbonyl (C=O) groups excluding carboxylic acids is 1. The van der Waals surface area contributed by atoms with Crippen LogP contribution < -0.4 is 5.32 Å². The molecule has 6 nitrogen and oxygen atoms in total. The standard InChI is InChI=1S/C18H15N3O3S/c1-12-6-8-13(9-7-12)10-14-11-19-18(25-14)20-17(22)15-4-2-3-5-16(15)21(23)24/h2-9,11H,10H2,1H3,(H,19,20,22). The van der Waals surface area contributed by atoms with Gasteiger partial charge in [-0.25, -0.2) is 4.98 Å². The van der Waals surface area contributed by atoms with E-state index in [1.807, 2.05) is 19.1 Å². The summed E-state index contributed by atoms with van der Waals surface area (Å²) in [5.74, 6) is -0.538. The number of aryl methyl sites for hydroxylation is 1. The second-order valence-electron chi connectivity index (χ2n) is 5.52. The van der Waals surface area contributed by atoms with E-state index >= 15 is 0 Å². The van der Waals surface area contributed by atoms with Crippen LogP contribution in [0.4, 0.5) is 10.8 Å². The number of amides is 1. The number of nitrogens with zero attached hydrogens (tertiary/aromatic N) is 2. The average molecular weight is 353 g/mol. The minimum absolute atomic E-state index is 0.0165. The van der Waals surface area contributed by atoms with Gasteiger partial charge in [0.1, 0.15) is 5.56 Å². The molecule has 0 aliphatic heterocycles. The predicted molar refractivity (Wildman–Crippen MR) is 97.1 cm³/mol. The number of hydrogen-bond acceptors (Lipinski definition) is 5. The van der Waals surface area contributed by atoms with Crippen LogP contribution in [0.5, 0.6) is 0 Å². The molecule has 3 aromatic rings. The minimum Gasteiger partial charge on any atom is -0.298 e. The van der Waals surface area contributed by atoms with E-state index in [0.717, 1.165) is 16.9 Å². The summed E-state index contributed by atoms with van der Waals surface area (Å²) in [6, 6.07) is 14.1. The van der Waals surface area contributed by atoms with Crippen molar-refractivity contribution in [1.29, 1.82) is 0 Å². The molecule has 0 bridgehead atoms. The number of anilines is 1. The molecule has 0 atom stereocenters. The maximum absolute atomic E-state index is 12.3. The molecule has 0 saturated heterocycles. The van der Waals surface area contributed by atoms with Crippen molar-refractivity contribution < 1.29 is 9.72 Å². The largest absolute Gasteiger partial charge is 0.298 e. The van der Waals surface area contributed by atoms with Gasteiger partial charge in [0.05, 0.1) is 4.92 Å². The zero-order valence-corrected chi connectivity index (χ0v) is 14.2. The first-order valence-electron chi connectivity index (χ1n) is 7.58. The zero-order chi connectivity index (χ0) is 17.8. The summed E-state index contributed by atoms with van der Waals surface area (Å²) in [6.07, 6.45) is 2.43. The van der Waals surface area contributed by atoms with Crippen molar-refractivity contribution in [2.24, 2.45) is 0 Å². The summed E-state index contributed by atoms with van der Waals surface area (Å²) in [5.41, 5.74) is 2.15. The lowest BCUT2D eigenvalue weighted by Crippen LogP contribution is -2.13. The van der Waals surface area contributed by atoms with Crippen LogP contribution in [0.3, 0.4) is 0 Å². The summed E-state index contributed by atoms with van der Waals surface area (Å²) in [4.78, 5) is 27.9. The van der Waals surface area contributed by atoms with Crippen LogP contribution in [-0.2, 0) is 6.42 Å². The lowest BCUT2D eigenvalue weighted by molar-refractivity contribution is -0.385. The highest BCUT2D eigenvalue weighted by Gasteiger charge is 2.20. The van der Waals surface area contributed by atoms with E-state index in [0.29, 0.717) is 5.13 Å². The highest BCUT2D eigenvalue weighted by molar-refractivity contribution is 7.15. The van der Waals surface area contributed by atoms with E-state index in [2.05, 4.69) is 22.4 Å². The Morgan fingerprint density at radius 2 is 1.92 bits per heavy atom.